The first-order valence-electron chi connectivity index (χ1n) is 4.95. The topological polar surface area (TPSA) is 26.3 Å². The molecule has 82 valence electrons. The van der Waals surface area contributed by atoms with Gasteiger partial charge in [-0.05, 0) is 41.4 Å². The van der Waals surface area contributed by atoms with Crippen LogP contribution in [-0.2, 0) is 14.9 Å². The average molecular weight is 289 g/mol. The maximum atomic E-state index is 11.0. The fourth-order valence-electron chi connectivity index (χ4n) is 1.77. The predicted octanol–water partition coefficient (Wildman–Crippen LogP) is 3.15. The minimum absolute atomic E-state index is 0.113. The predicted molar refractivity (Wildman–Crippen MR) is 64.4 cm³/mol. The Bertz CT molecular complexity index is 368. The summed E-state index contributed by atoms with van der Waals surface area (Å²) in [6.07, 6.45) is 1.56. The molecule has 1 aromatic heterocycles. The third-order valence-corrected chi connectivity index (χ3v) is 4.68. The summed E-state index contributed by atoms with van der Waals surface area (Å²) >= 11 is 5.22. The Morgan fingerprint density at radius 3 is 2.73 bits per heavy atom. The second kappa shape index (κ2) is 4.36. The van der Waals surface area contributed by atoms with Gasteiger partial charge in [-0.2, -0.15) is 0 Å². The van der Waals surface area contributed by atoms with E-state index in [9.17, 15) is 4.79 Å². The average Bonchev–Trinajstić information content (AvgIpc) is 2.50. The second-order valence-corrected chi connectivity index (χ2v) is 6.54. The van der Waals surface area contributed by atoms with Crippen LogP contribution in [0.25, 0.3) is 0 Å². The lowest BCUT2D eigenvalue weighted by molar-refractivity contribution is -0.119. The first-order chi connectivity index (χ1) is 7.12. The lowest BCUT2D eigenvalue weighted by atomic mass is 9.79. The Hall–Kier alpha value is -0.190. The first kappa shape index (κ1) is 11.3. The van der Waals surface area contributed by atoms with E-state index in [1.165, 1.54) is 4.88 Å². The number of Topliss-reactive ketones (excluding diaryl/α,β-unsaturated/α-hetero) is 1. The number of carbonyl (C=O) groups excluding carboxylic acids is 1. The number of ketones is 1. The molecule has 0 amide bonds. The summed E-state index contributed by atoms with van der Waals surface area (Å²) in [4.78, 5) is 12.4. The van der Waals surface area contributed by atoms with Crippen molar-refractivity contribution < 1.29 is 9.53 Å². The third-order valence-electron chi connectivity index (χ3n) is 2.81. The molecule has 4 heteroatoms. The zero-order valence-electron chi connectivity index (χ0n) is 8.59. The Morgan fingerprint density at radius 2 is 2.33 bits per heavy atom. The minimum atomic E-state index is 0.113. The van der Waals surface area contributed by atoms with Crippen molar-refractivity contribution in [3.05, 3.63) is 20.8 Å². The molecule has 1 fully saturated rings. The maximum Gasteiger partial charge on any atom is 0.129 e. The van der Waals surface area contributed by atoms with Crippen LogP contribution < -0.4 is 0 Å². The summed E-state index contributed by atoms with van der Waals surface area (Å²) in [6.45, 7) is 3.16. The van der Waals surface area contributed by atoms with Gasteiger partial charge in [-0.3, -0.25) is 0 Å². The highest BCUT2D eigenvalue weighted by molar-refractivity contribution is 9.11. The van der Waals surface area contributed by atoms with E-state index in [2.05, 4.69) is 28.1 Å². The number of ether oxygens (including phenoxy) is 1. The van der Waals surface area contributed by atoms with Gasteiger partial charge in [0.1, 0.15) is 5.78 Å². The van der Waals surface area contributed by atoms with Crippen LogP contribution in [-0.4, -0.2) is 19.0 Å². The van der Waals surface area contributed by atoms with Gasteiger partial charge < -0.3 is 9.53 Å². The summed E-state index contributed by atoms with van der Waals surface area (Å²) < 4.78 is 6.46. The van der Waals surface area contributed by atoms with Crippen LogP contribution in [0.1, 0.15) is 24.6 Å². The smallest absolute Gasteiger partial charge is 0.129 e. The fraction of sp³-hybridized carbons (Fsp3) is 0.545. The van der Waals surface area contributed by atoms with Gasteiger partial charge in [0.2, 0.25) is 0 Å². The van der Waals surface area contributed by atoms with E-state index in [0.29, 0.717) is 6.42 Å². The number of hydrogen-bond donors (Lipinski definition) is 0. The first-order valence-corrected chi connectivity index (χ1v) is 6.56. The van der Waals surface area contributed by atoms with E-state index in [0.717, 1.165) is 23.4 Å². The normalized spacial score (nSPS) is 18.5. The van der Waals surface area contributed by atoms with E-state index in [-0.39, 0.29) is 11.2 Å². The molecule has 0 aromatic carbocycles. The monoisotopic (exact) mass is 288 g/mol. The largest absolute Gasteiger partial charge is 0.379 e. The van der Waals surface area contributed by atoms with Crippen LogP contribution in [0.4, 0.5) is 0 Å². The molecule has 0 radical (unpaired) electrons. The van der Waals surface area contributed by atoms with Gasteiger partial charge in [0.15, 0.2) is 0 Å². The van der Waals surface area contributed by atoms with E-state index < -0.39 is 0 Å². The molecule has 15 heavy (non-hydrogen) atoms. The zero-order chi connectivity index (χ0) is 10.9. The molecule has 1 aromatic rings. The van der Waals surface area contributed by atoms with Crippen LogP contribution in [0.2, 0.25) is 0 Å². The van der Waals surface area contributed by atoms with Crippen LogP contribution in [0, 0.1) is 0 Å². The summed E-state index contributed by atoms with van der Waals surface area (Å²) in [5, 5.41) is 0. The number of halogens is 1. The van der Waals surface area contributed by atoms with E-state index in [1.54, 1.807) is 18.3 Å². The van der Waals surface area contributed by atoms with Gasteiger partial charge >= 0.3 is 0 Å². The fourth-order valence-corrected chi connectivity index (χ4v) is 3.35. The van der Waals surface area contributed by atoms with Gasteiger partial charge in [-0.15, -0.1) is 11.3 Å². The van der Waals surface area contributed by atoms with Gasteiger partial charge in [0.25, 0.3) is 0 Å². The zero-order valence-corrected chi connectivity index (χ0v) is 11.0. The Morgan fingerprint density at radius 1 is 1.60 bits per heavy atom. The maximum absolute atomic E-state index is 11.0. The van der Waals surface area contributed by atoms with Crippen molar-refractivity contribution in [2.45, 2.75) is 25.2 Å². The number of thiophene rings is 1. The third kappa shape index (κ3) is 2.32. The summed E-state index contributed by atoms with van der Waals surface area (Å²) in [7, 11) is 0. The second-order valence-electron chi connectivity index (χ2n) is 4.08. The molecule has 2 nitrogen and oxygen atoms in total. The molecule has 2 rings (SSSR count). The highest BCUT2D eigenvalue weighted by atomic mass is 79.9. The molecule has 0 N–H and O–H groups in total. The Labute approximate surface area is 102 Å². The van der Waals surface area contributed by atoms with Crippen LogP contribution in [0.15, 0.2) is 15.9 Å². The molecule has 1 saturated heterocycles. The Balaban J connectivity index is 2.11. The van der Waals surface area contributed by atoms with E-state index in [4.69, 9.17) is 4.74 Å². The molecule has 0 bridgehead atoms. The molecule has 1 aliphatic heterocycles. The van der Waals surface area contributed by atoms with Gasteiger partial charge in [0.05, 0.1) is 22.4 Å². The van der Waals surface area contributed by atoms with Crippen LogP contribution in [0.5, 0.6) is 0 Å². The van der Waals surface area contributed by atoms with Crippen LogP contribution in [0.3, 0.4) is 0 Å². The molecule has 0 aliphatic carbocycles. The molecule has 0 saturated carbocycles. The van der Waals surface area contributed by atoms with Crippen LogP contribution >= 0.6 is 27.3 Å². The highest BCUT2D eigenvalue weighted by Crippen LogP contribution is 2.41. The summed E-state index contributed by atoms with van der Waals surface area (Å²) in [5.74, 6) is 0.261. The SMILES string of the molecule is CC(=O)CCC1(c2ccc(Br)s2)COC1. The van der Waals surface area contributed by atoms with Crippen molar-refractivity contribution in [1.82, 2.24) is 0 Å². The van der Waals surface area contributed by atoms with E-state index in [1.807, 2.05) is 0 Å². The molecule has 0 unspecified atom stereocenters. The quantitative estimate of drug-likeness (QED) is 0.851. The van der Waals surface area contributed by atoms with Crippen molar-refractivity contribution in [2.75, 3.05) is 13.2 Å². The van der Waals surface area contributed by atoms with Gasteiger partial charge in [-0.1, -0.05) is 0 Å². The van der Waals surface area contributed by atoms with Gasteiger partial charge in [-0.25, -0.2) is 0 Å². The lowest BCUT2D eigenvalue weighted by Crippen LogP contribution is -2.46. The number of rotatable bonds is 4. The number of carbonyl (C=O) groups is 1. The standard InChI is InChI=1S/C11H13BrO2S/c1-8(13)4-5-11(6-14-7-11)9-2-3-10(12)15-9/h2-3H,4-7H2,1H3. The molecule has 2 heterocycles. The molecular weight excluding hydrogens is 276 g/mol. The molecule has 0 spiro atoms. The van der Waals surface area contributed by atoms with Crippen molar-refractivity contribution in [3.8, 4) is 0 Å². The molecule has 1 aliphatic rings. The summed E-state index contributed by atoms with van der Waals surface area (Å²) in [6, 6.07) is 4.20. The highest BCUT2D eigenvalue weighted by Gasteiger charge is 2.41. The van der Waals surface area contributed by atoms with Crippen molar-refractivity contribution in [2.24, 2.45) is 0 Å². The van der Waals surface area contributed by atoms with E-state index >= 15 is 0 Å². The molecule has 0 atom stereocenters. The minimum Gasteiger partial charge on any atom is -0.379 e. The lowest BCUT2D eigenvalue weighted by Gasteiger charge is -2.40. The summed E-state index contributed by atoms with van der Waals surface area (Å²) in [5.41, 5.74) is 0.113. The van der Waals surface area contributed by atoms with Gasteiger partial charge in [0, 0.05) is 11.3 Å². The van der Waals surface area contributed by atoms with Crippen molar-refractivity contribution >= 4 is 33.0 Å². The Kier molecular flexibility index (Phi) is 3.28. The number of hydrogen-bond acceptors (Lipinski definition) is 3. The van der Waals surface area contributed by atoms with Crippen molar-refractivity contribution in [1.29, 1.82) is 0 Å². The molecular formula is C11H13BrO2S. The van der Waals surface area contributed by atoms with Crippen molar-refractivity contribution in [3.63, 3.8) is 0 Å².